The molecule has 0 unspecified atom stereocenters. The lowest BCUT2D eigenvalue weighted by atomic mass is 10.1. The topological polar surface area (TPSA) is 51.0 Å². The van der Waals surface area contributed by atoms with Gasteiger partial charge in [-0.05, 0) is 20.9 Å². The Morgan fingerprint density at radius 3 is 2.71 bits per heavy atom. The lowest BCUT2D eigenvalue weighted by Gasteiger charge is -2.21. The largest absolute Gasteiger partial charge is 0.337 e. The van der Waals surface area contributed by atoms with Gasteiger partial charge < -0.3 is 9.84 Å². The number of hydrogen-bond donors (Lipinski definition) is 1. The highest BCUT2D eigenvalue weighted by Crippen LogP contribution is 2.32. The first-order valence-corrected chi connectivity index (χ1v) is 5.89. The van der Waals surface area contributed by atoms with Crippen molar-refractivity contribution in [3.05, 3.63) is 11.7 Å². The molecular weight excluding hydrogens is 198 g/mol. The average molecular weight is 213 g/mol. The van der Waals surface area contributed by atoms with E-state index in [0.29, 0.717) is 11.8 Å². The maximum atomic E-state index is 5.24. The van der Waals surface area contributed by atoms with E-state index in [-0.39, 0.29) is 5.54 Å². The molecule has 2 heterocycles. The molecule has 1 aliphatic heterocycles. The zero-order chi connectivity index (χ0) is 10.2. The second-order valence-corrected chi connectivity index (χ2v) is 5.14. The van der Waals surface area contributed by atoms with Gasteiger partial charge in [0.2, 0.25) is 5.89 Å². The number of nitrogens with zero attached hydrogens (tertiary/aromatic N) is 2. The van der Waals surface area contributed by atoms with Crippen LogP contribution in [-0.4, -0.2) is 28.7 Å². The van der Waals surface area contributed by atoms with E-state index < -0.39 is 0 Å². The molecule has 1 aromatic heterocycles. The summed E-state index contributed by atoms with van der Waals surface area (Å²) in [5, 5.41) is 7.16. The average Bonchev–Trinajstić information content (AvgIpc) is 2.51. The Hall–Kier alpha value is -0.550. The van der Waals surface area contributed by atoms with Gasteiger partial charge in [0.1, 0.15) is 0 Å². The number of thioether (sulfide) groups is 1. The van der Waals surface area contributed by atoms with Gasteiger partial charge in [0.25, 0.3) is 0 Å². The van der Waals surface area contributed by atoms with Crippen molar-refractivity contribution < 1.29 is 4.52 Å². The maximum absolute atomic E-state index is 5.24. The van der Waals surface area contributed by atoms with E-state index in [4.69, 9.17) is 4.52 Å². The van der Waals surface area contributed by atoms with Crippen molar-refractivity contribution in [3.63, 3.8) is 0 Å². The van der Waals surface area contributed by atoms with E-state index in [2.05, 4.69) is 15.5 Å². The van der Waals surface area contributed by atoms with E-state index in [9.17, 15) is 0 Å². The molecule has 0 amide bonds. The van der Waals surface area contributed by atoms with Crippen LogP contribution < -0.4 is 5.32 Å². The summed E-state index contributed by atoms with van der Waals surface area (Å²) in [7, 11) is 1.89. The number of hydrogen-bond acceptors (Lipinski definition) is 5. The Morgan fingerprint density at radius 1 is 1.50 bits per heavy atom. The van der Waals surface area contributed by atoms with Crippen molar-refractivity contribution in [1.82, 2.24) is 15.5 Å². The van der Waals surface area contributed by atoms with Crippen LogP contribution in [0.4, 0.5) is 0 Å². The number of aromatic nitrogens is 2. The molecule has 1 N–H and O–H groups in total. The third-order valence-electron chi connectivity index (χ3n) is 2.60. The van der Waals surface area contributed by atoms with Gasteiger partial charge in [-0.1, -0.05) is 5.16 Å². The van der Waals surface area contributed by atoms with Gasteiger partial charge in [-0.25, -0.2) is 0 Å². The van der Waals surface area contributed by atoms with Gasteiger partial charge in [0.15, 0.2) is 5.82 Å². The molecule has 0 aromatic carbocycles. The van der Waals surface area contributed by atoms with Crippen LogP contribution in [0.3, 0.4) is 0 Å². The van der Waals surface area contributed by atoms with Crippen molar-refractivity contribution in [2.75, 3.05) is 18.6 Å². The van der Waals surface area contributed by atoms with Gasteiger partial charge >= 0.3 is 0 Å². The van der Waals surface area contributed by atoms with Crippen LogP contribution in [0.25, 0.3) is 0 Å². The molecule has 14 heavy (non-hydrogen) atoms. The normalized spacial score (nSPS) is 18.2. The highest BCUT2D eigenvalue weighted by Gasteiger charge is 2.30. The van der Waals surface area contributed by atoms with E-state index in [1.54, 1.807) is 0 Å². The molecule has 2 rings (SSSR count). The molecule has 4 nitrogen and oxygen atoms in total. The second kappa shape index (κ2) is 3.55. The SMILES string of the molecule is CNC(C)(C)c1nc(C2CSC2)no1. The van der Waals surface area contributed by atoms with E-state index in [0.717, 1.165) is 17.3 Å². The zero-order valence-electron chi connectivity index (χ0n) is 8.70. The van der Waals surface area contributed by atoms with Crippen LogP contribution in [0.5, 0.6) is 0 Å². The van der Waals surface area contributed by atoms with Crippen molar-refractivity contribution in [3.8, 4) is 0 Å². The zero-order valence-corrected chi connectivity index (χ0v) is 9.52. The molecule has 1 aliphatic rings. The molecule has 0 atom stereocenters. The minimum absolute atomic E-state index is 0.234. The van der Waals surface area contributed by atoms with Crippen molar-refractivity contribution >= 4 is 11.8 Å². The standard InChI is InChI=1S/C9H15N3OS/c1-9(2,10-3)8-11-7(12-13-8)6-4-14-5-6/h6,10H,4-5H2,1-3H3. The van der Waals surface area contributed by atoms with Crippen molar-refractivity contribution in [2.45, 2.75) is 25.3 Å². The molecule has 1 saturated heterocycles. The maximum Gasteiger partial charge on any atom is 0.246 e. The summed E-state index contributed by atoms with van der Waals surface area (Å²) in [5.74, 6) is 4.29. The van der Waals surface area contributed by atoms with Gasteiger partial charge in [0.05, 0.1) is 5.54 Å². The second-order valence-electron chi connectivity index (χ2n) is 4.07. The Labute approximate surface area is 87.8 Å². The molecule has 0 aliphatic carbocycles. The van der Waals surface area contributed by atoms with Crippen molar-refractivity contribution in [1.29, 1.82) is 0 Å². The first kappa shape index (κ1) is 9.98. The van der Waals surface area contributed by atoms with Crippen LogP contribution in [0.2, 0.25) is 0 Å². The van der Waals surface area contributed by atoms with E-state index in [1.165, 1.54) is 0 Å². The summed E-state index contributed by atoms with van der Waals surface area (Å²) in [4.78, 5) is 4.42. The molecule has 0 spiro atoms. The lowest BCUT2D eigenvalue weighted by Crippen LogP contribution is -2.33. The van der Waals surface area contributed by atoms with Crippen LogP contribution in [0, 0.1) is 0 Å². The van der Waals surface area contributed by atoms with Gasteiger partial charge in [-0.2, -0.15) is 16.7 Å². The van der Waals surface area contributed by atoms with Crippen molar-refractivity contribution in [2.24, 2.45) is 0 Å². The van der Waals surface area contributed by atoms with Crippen LogP contribution in [-0.2, 0) is 5.54 Å². The molecule has 5 heteroatoms. The molecule has 0 radical (unpaired) electrons. The Balaban J connectivity index is 2.16. The summed E-state index contributed by atoms with van der Waals surface area (Å²) in [5.41, 5.74) is -0.234. The van der Waals surface area contributed by atoms with Crippen LogP contribution >= 0.6 is 11.8 Å². The monoisotopic (exact) mass is 213 g/mol. The summed E-state index contributed by atoms with van der Waals surface area (Å²) in [6.45, 7) is 4.06. The van der Waals surface area contributed by atoms with Gasteiger partial charge in [0, 0.05) is 17.4 Å². The molecule has 78 valence electrons. The summed E-state index contributed by atoms with van der Waals surface area (Å²) in [6, 6.07) is 0. The van der Waals surface area contributed by atoms with E-state index >= 15 is 0 Å². The van der Waals surface area contributed by atoms with Crippen LogP contribution in [0.15, 0.2) is 4.52 Å². The van der Waals surface area contributed by atoms with Crippen LogP contribution in [0.1, 0.15) is 31.5 Å². The minimum Gasteiger partial charge on any atom is -0.337 e. The molecular formula is C9H15N3OS. The fourth-order valence-corrected chi connectivity index (χ4v) is 1.92. The number of rotatable bonds is 3. The summed E-state index contributed by atoms with van der Waals surface area (Å²) in [6.07, 6.45) is 0. The Kier molecular flexibility index (Phi) is 2.53. The Morgan fingerprint density at radius 2 is 2.21 bits per heavy atom. The highest BCUT2D eigenvalue weighted by atomic mass is 32.2. The minimum atomic E-state index is -0.234. The summed E-state index contributed by atoms with van der Waals surface area (Å²) < 4.78 is 5.24. The fraction of sp³-hybridized carbons (Fsp3) is 0.778. The highest BCUT2D eigenvalue weighted by molar-refractivity contribution is 8.00. The molecule has 1 aromatic rings. The number of nitrogens with one attached hydrogen (secondary N) is 1. The molecule has 0 saturated carbocycles. The fourth-order valence-electron chi connectivity index (χ4n) is 1.15. The smallest absolute Gasteiger partial charge is 0.246 e. The molecule has 1 fully saturated rings. The first-order chi connectivity index (χ1) is 6.63. The third-order valence-corrected chi connectivity index (χ3v) is 3.88. The summed E-state index contributed by atoms with van der Waals surface area (Å²) >= 11 is 1.93. The van der Waals surface area contributed by atoms with Gasteiger partial charge in [-0.15, -0.1) is 0 Å². The Bertz CT molecular complexity index is 320. The third kappa shape index (κ3) is 1.66. The van der Waals surface area contributed by atoms with E-state index in [1.807, 2.05) is 32.7 Å². The quantitative estimate of drug-likeness (QED) is 0.821. The first-order valence-electron chi connectivity index (χ1n) is 4.74. The lowest BCUT2D eigenvalue weighted by molar-refractivity contribution is 0.279. The predicted octanol–water partition coefficient (Wildman–Crippen LogP) is 1.35. The predicted molar refractivity (Wildman–Crippen MR) is 56.4 cm³/mol. The van der Waals surface area contributed by atoms with Gasteiger partial charge in [-0.3, -0.25) is 0 Å². The molecule has 0 bridgehead atoms.